The number of aromatic nitrogens is 3. The third-order valence-electron chi connectivity index (χ3n) is 3.86. The summed E-state index contributed by atoms with van der Waals surface area (Å²) in [5.41, 5.74) is 1.08. The maximum absolute atomic E-state index is 11.4. The van der Waals surface area contributed by atoms with Gasteiger partial charge in [-0.15, -0.1) is 0 Å². The molecule has 2 aromatic heterocycles. The largest absolute Gasteiger partial charge is 0.353 e. The molecular weight excluding hydrogens is 292 g/mol. The van der Waals surface area contributed by atoms with Gasteiger partial charge >= 0.3 is 0 Å². The molecule has 1 amide bonds. The second kappa shape index (κ2) is 7.04. The van der Waals surface area contributed by atoms with E-state index in [1.54, 1.807) is 19.3 Å². The van der Waals surface area contributed by atoms with Crippen molar-refractivity contribution in [3.63, 3.8) is 0 Å². The number of carbonyl (C=O) groups is 1. The normalized spacial score (nSPS) is 14.7. The lowest BCUT2D eigenvalue weighted by atomic mass is 10.3. The number of hydrogen-bond acceptors (Lipinski definition) is 6. The Balaban J connectivity index is 1.60. The van der Waals surface area contributed by atoms with Crippen molar-refractivity contribution in [2.45, 2.75) is 13.5 Å². The number of amides is 1. The predicted octanol–water partition coefficient (Wildman–Crippen LogP) is 1.15. The first kappa shape index (κ1) is 15.2. The highest BCUT2D eigenvalue weighted by Gasteiger charge is 2.19. The molecule has 3 heterocycles. The first-order chi connectivity index (χ1) is 11.2. The lowest BCUT2D eigenvalue weighted by molar-refractivity contribution is -0.129. The first-order valence-corrected chi connectivity index (χ1v) is 7.68. The van der Waals surface area contributed by atoms with Crippen LogP contribution in [0.3, 0.4) is 0 Å². The van der Waals surface area contributed by atoms with E-state index < -0.39 is 0 Å². The van der Waals surface area contributed by atoms with Crippen molar-refractivity contribution in [3.05, 3.63) is 42.4 Å². The van der Waals surface area contributed by atoms with Crippen LogP contribution in [0.4, 0.5) is 11.8 Å². The molecule has 0 unspecified atom stereocenters. The molecule has 0 saturated carbocycles. The summed E-state index contributed by atoms with van der Waals surface area (Å²) in [5.74, 6) is 1.61. The van der Waals surface area contributed by atoms with Crippen LogP contribution >= 0.6 is 0 Å². The molecule has 0 radical (unpaired) electrons. The minimum Gasteiger partial charge on any atom is -0.353 e. The van der Waals surface area contributed by atoms with Crippen LogP contribution in [0.5, 0.6) is 0 Å². The van der Waals surface area contributed by atoms with Crippen LogP contribution in [0.2, 0.25) is 0 Å². The number of nitrogens with zero attached hydrogens (tertiary/aromatic N) is 5. The fourth-order valence-electron chi connectivity index (χ4n) is 2.54. The number of rotatable bonds is 4. The van der Waals surface area contributed by atoms with Gasteiger partial charge in [-0.05, 0) is 17.7 Å². The van der Waals surface area contributed by atoms with Crippen LogP contribution < -0.4 is 10.2 Å². The third kappa shape index (κ3) is 3.94. The Morgan fingerprint density at radius 3 is 2.74 bits per heavy atom. The maximum Gasteiger partial charge on any atom is 0.224 e. The summed E-state index contributed by atoms with van der Waals surface area (Å²) in [6.45, 7) is 5.29. The van der Waals surface area contributed by atoms with Crippen LogP contribution in [-0.4, -0.2) is 51.9 Å². The molecule has 0 bridgehead atoms. The van der Waals surface area contributed by atoms with Gasteiger partial charge in [0.05, 0.1) is 0 Å². The van der Waals surface area contributed by atoms with Crippen molar-refractivity contribution >= 4 is 17.7 Å². The van der Waals surface area contributed by atoms with E-state index in [2.05, 4.69) is 25.2 Å². The van der Waals surface area contributed by atoms with E-state index in [1.807, 2.05) is 29.3 Å². The molecule has 1 aliphatic rings. The number of anilines is 2. The SMILES string of the molecule is CC(=O)N1CCN(c2ccnc(NCc3cccnc3)n2)CC1. The number of carbonyl (C=O) groups excluding carboxylic acids is 1. The zero-order valence-corrected chi connectivity index (χ0v) is 13.1. The molecular formula is C16H20N6O. The minimum absolute atomic E-state index is 0.131. The molecule has 7 heteroatoms. The molecule has 0 aromatic carbocycles. The minimum atomic E-state index is 0.131. The quantitative estimate of drug-likeness (QED) is 0.913. The Morgan fingerprint density at radius 2 is 2.04 bits per heavy atom. The molecule has 23 heavy (non-hydrogen) atoms. The van der Waals surface area contributed by atoms with E-state index >= 15 is 0 Å². The van der Waals surface area contributed by atoms with Crippen molar-refractivity contribution in [1.29, 1.82) is 0 Å². The lowest BCUT2D eigenvalue weighted by Crippen LogP contribution is -2.48. The van der Waals surface area contributed by atoms with Crippen LogP contribution in [0.25, 0.3) is 0 Å². The summed E-state index contributed by atoms with van der Waals surface area (Å²) >= 11 is 0. The number of hydrogen-bond donors (Lipinski definition) is 1. The standard InChI is InChI=1S/C16H20N6O/c1-13(23)21-7-9-22(10-8-21)15-4-6-18-16(20-15)19-12-14-3-2-5-17-11-14/h2-6,11H,7-10,12H2,1H3,(H,18,19,20). The fraction of sp³-hybridized carbons (Fsp3) is 0.375. The molecule has 0 atom stereocenters. The Hall–Kier alpha value is -2.70. The molecule has 1 aliphatic heterocycles. The van der Waals surface area contributed by atoms with Crippen LogP contribution in [0.1, 0.15) is 12.5 Å². The van der Waals surface area contributed by atoms with Gasteiger partial charge in [-0.1, -0.05) is 6.07 Å². The Labute approximate surface area is 135 Å². The Bertz CT molecular complexity index is 655. The Morgan fingerprint density at radius 1 is 1.22 bits per heavy atom. The smallest absolute Gasteiger partial charge is 0.224 e. The molecule has 1 saturated heterocycles. The summed E-state index contributed by atoms with van der Waals surface area (Å²) < 4.78 is 0. The lowest BCUT2D eigenvalue weighted by Gasteiger charge is -2.34. The monoisotopic (exact) mass is 312 g/mol. The molecule has 0 spiro atoms. The topological polar surface area (TPSA) is 74.2 Å². The van der Waals surface area contributed by atoms with Gasteiger partial charge < -0.3 is 15.1 Å². The van der Waals surface area contributed by atoms with E-state index in [0.717, 1.165) is 37.6 Å². The van der Waals surface area contributed by atoms with Crippen LogP contribution in [0.15, 0.2) is 36.8 Å². The molecule has 1 fully saturated rings. The molecule has 7 nitrogen and oxygen atoms in total. The van der Waals surface area contributed by atoms with Gasteiger partial charge in [-0.25, -0.2) is 4.98 Å². The highest BCUT2D eigenvalue weighted by molar-refractivity contribution is 5.73. The summed E-state index contributed by atoms with van der Waals surface area (Å²) in [5, 5.41) is 3.21. The molecule has 1 N–H and O–H groups in total. The Kier molecular flexibility index (Phi) is 4.65. The van der Waals surface area contributed by atoms with Gasteiger partial charge in [-0.3, -0.25) is 9.78 Å². The van der Waals surface area contributed by atoms with Gasteiger partial charge in [0.25, 0.3) is 0 Å². The molecule has 3 rings (SSSR count). The summed E-state index contributed by atoms with van der Waals surface area (Å²) in [6, 6.07) is 5.81. The third-order valence-corrected chi connectivity index (χ3v) is 3.86. The average Bonchev–Trinajstić information content (AvgIpc) is 2.61. The zero-order valence-electron chi connectivity index (χ0n) is 13.1. The molecule has 2 aromatic rings. The van der Waals surface area contributed by atoms with E-state index in [1.165, 1.54) is 0 Å². The van der Waals surface area contributed by atoms with E-state index in [9.17, 15) is 4.79 Å². The number of piperazine rings is 1. The van der Waals surface area contributed by atoms with Crippen LogP contribution in [0, 0.1) is 0 Å². The molecule has 120 valence electrons. The zero-order chi connectivity index (χ0) is 16.1. The fourth-order valence-corrected chi connectivity index (χ4v) is 2.54. The molecule has 0 aliphatic carbocycles. The number of pyridine rings is 1. The number of nitrogens with one attached hydrogen (secondary N) is 1. The second-order valence-electron chi connectivity index (χ2n) is 5.45. The van der Waals surface area contributed by atoms with E-state index in [-0.39, 0.29) is 5.91 Å². The van der Waals surface area contributed by atoms with Crippen LogP contribution in [-0.2, 0) is 11.3 Å². The van der Waals surface area contributed by atoms with Gasteiger partial charge in [0.2, 0.25) is 11.9 Å². The van der Waals surface area contributed by atoms with Crippen molar-refractivity contribution in [3.8, 4) is 0 Å². The summed E-state index contributed by atoms with van der Waals surface area (Å²) in [6.07, 6.45) is 5.32. The van der Waals surface area contributed by atoms with Gasteiger partial charge in [0, 0.05) is 58.2 Å². The highest BCUT2D eigenvalue weighted by Crippen LogP contribution is 2.15. The maximum atomic E-state index is 11.4. The van der Waals surface area contributed by atoms with E-state index in [0.29, 0.717) is 12.5 Å². The van der Waals surface area contributed by atoms with Crippen molar-refractivity contribution in [1.82, 2.24) is 19.9 Å². The van der Waals surface area contributed by atoms with Crippen molar-refractivity contribution in [2.24, 2.45) is 0 Å². The van der Waals surface area contributed by atoms with Gasteiger partial charge in [-0.2, -0.15) is 4.98 Å². The van der Waals surface area contributed by atoms with Gasteiger partial charge in [0.1, 0.15) is 5.82 Å². The van der Waals surface area contributed by atoms with Crippen molar-refractivity contribution < 1.29 is 4.79 Å². The highest BCUT2D eigenvalue weighted by atomic mass is 16.2. The predicted molar refractivity (Wildman–Crippen MR) is 88.1 cm³/mol. The average molecular weight is 312 g/mol. The van der Waals surface area contributed by atoms with Gasteiger partial charge in [0.15, 0.2) is 0 Å². The summed E-state index contributed by atoms with van der Waals surface area (Å²) in [7, 11) is 0. The van der Waals surface area contributed by atoms with E-state index in [4.69, 9.17) is 0 Å². The van der Waals surface area contributed by atoms with Crippen molar-refractivity contribution in [2.75, 3.05) is 36.4 Å². The summed E-state index contributed by atoms with van der Waals surface area (Å²) in [4.78, 5) is 28.3. The second-order valence-corrected chi connectivity index (χ2v) is 5.45. The first-order valence-electron chi connectivity index (χ1n) is 7.68.